The molecule has 0 saturated heterocycles. The predicted molar refractivity (Wildman–Crippen MR) is 58.0 cm³/mol. The highest BCUT2D eigenvalue weighted by atomic mass is 32.1. The Morgan fingerprint density at radius 1 is 1.46 bits per heavy atom. The molecular weight excluding hydrogens is 180 g/mol. The van der Waals surface area contributed by atoms with Crippen molar-refractivity contribution >= 4 is 11.3 Å². The van der Waals surface area contributed by atoms with Gasteiger partial charge in [-0.15, -0.1) is 11.3 Å². The second-order valence-electron chi connectivity index (χ2n) is 4.45. The smallest absolute Gasteiger partial charge is 0.0794 e. The molecule has 1 rings (SSSR count). The minimum atomic E-state index is -0.166. The molecule has 0 amide bonds. The molecular formula is C10H18N2S. The third-order valence-electron chi connectivity index (χ3n) is 2.23. The summed E-state index contributed by atoms with van der Waals surface area (Å²) in [6.45, 7) is 8.58. The lowest BCUT2D eigenvalue weighted by Gasteiger charge is -2.32. The van der Waals surface area contributed by atoms with Gasteiger partial charge in [0.25, 0.3) is 0 Å². The molecule has 0 bridgehead atoms. The van der Waals surface area contributed by atoms with Gasteiger partial charge in [0.2, 0.25) is 0 Å². The van der Waals surface area contributed by atoms with Gasteiger partial charge in [-0.25, -0.2) is 0 Å². The topological polar surface area (TPSA) is 38.9 Å². The minimum Gasteiger partial charge on any atom is -0.325 e. The van der Waals surface area contributed by atoms with Crippen molar-refractivity contribution in [2.24, 2.45) is 11.7 Å². The Balaban J connectivity index is 2.94. The van der Waals surface area contributed by atoms with Crippen molar-refractivity contribution in [2.75, 3.05) is 0 Å². The van der Waals surface area contributed by atoms with E-state index in [1.165, 1.54) is 4.88 Å². The quantitative estimate of drug-likeness (QED) is 0.811. The molecule has 1 aromatic rings. The molecule has 0 aromatic carbocycles. The van der Waals surface area contributed by atoms with Gasteiger partial charge in [0.15, 0.2) is 0 Å². The number of hydrogen-bond donors (Lipinski definition) is 1. The zero-order chi connectivity index (χ0) is 10.1. The van der Waals surface area contributed by atoms with Crippen LogP contribution in [0.5, 0.6) is 0 Å². The van der Waals surface area contributed by atoms with Crippen molar-refractivity contribution in [3.63, 3.8) is 0 Å². The molecule has 0 aliphatic heterocycles. The number of nitrogens with two attached hydrogens (primary N) is 1. The number of hydrogen-bond acceptors (Lipinski definition) is 3. The Hall–Kier alpha value is -0.410. The predicted octanol–water partition coefficient (Wildman–Crippen LogP) is 2.62. The van der Waals surface area contributed by atoms with E-state index in [0.29, 0.717) is 11.8 Å². The Bertz CT molecular complexity index is 246. The number of rotatable bonds is 3. The highest BCUT2D eigenvalue weighted by Gasteiger charge is 2.30. The van der Waals surface area contributed by atoms with Gasteiger partial charge in [0, 0.05) is 22.5 Å². The summed E-state index contributed by atoms with van der Waals surface area (Å²) in [5, 5.41) is 0. The highest BCUT2D eigenvalue weighted by Crippen LogP contribution is 2.34. The normalized spacial score (nSPS) is 14.9. The average Bonchev–Trinajstić information content (AvgIpc) is 2.34. The zero-order valence-corrected chi connectivity index (χ0v) is 9.56. The Morgan fingerprint density at radius 3 is 2.38 bits per heavy atom. The molecule has 74 valence electrons. The number of thiazole rings is 1. The molecule has 2 nitrogen and oxygen atoms in total. The summed E-state index contributed by atoms with van der Waals surface area (Å²) < 4.78 is 0. The monoisotopic (exact) mass is 198 g/mol. The molecule has 3 heteroatoms. The fourth-order valence-electron chi connectivity index (χ4n) is 1.93. The lowest BCUT2D eigenvalue weighted by Crippen LogP contribution is -2.41. The SMILES string of the molecule is CC(C)C(c1cncs1)C(C)(C)N. The van der Waals surface area contributed by atoms with Crippen molar-refractivity contribution in [2.45, 2.75) is 39.2 Å². The molecule has 0 spiro atoms. The van der Waals surface area contributed by atoms with Gasteiger partial charge >= 0.3 is 0 Å². The van der Waals surface area contributed by atoms with Crippen molar-refractivity contribution in [3.8, 4) is 0 Å². The maximum atomic E-state index is 6.15. The molecule has 13 heavy (non-hydrogen) atoms. The Morgan fingerprint density at radius 2 is 2.08 bits per heavy atom. The lowest BCUT2D eigenvalue weighted by atomic mass is 9.79. The number of aromatic nitrogens is 1. The first-order chi connectivity index (χ1) is 5.93. The van der Waals surface area contributed by atoms with Crippen LogP contribution in [0.25, 0.3) is 0 Å². The molecule has 0 saturated carbocycles. The van der Waals surface area contributed by atoms with Gasteiger partial charge in [0.1, 0.15) is 0 Å². The van der Waals surface area contributed by atoms with Crippen molar-refractivity contribution < 1.29 is 0 Å². The second-order valence-corrected chi connectivity index (χ2v) is 5.36. The molecule has 0 fully saturated rings. The van der Waals surface area contributed by atoms with Gasteiger partial charge in [-0.05, 0) is 19.8 Å². The van der Waals surface area contributed by atoms with Crippen LogP contribution in [-0.2, 0) is 0 Å². The molecule has 0 aliphatic carbocycles. The van der Waals surface area contributed by atoms with Crippen LogP contribution in [0.3, 0.4) is 0 Å². The van der Waals surface area contributed by atoms with Gasteiger partial charge in [-0.1, -0.05) is 13.8 Å². The number of nitrogens with zero attached hydrogens (tertiary/aromatic N) is 1. The van der Waals surface area contributed by atoms with Crippen molar-refractivity contribution in [3.05, 3.63) is 16.6 Å². The van der Waals surface area contributed by atoms with E-state index in [1.54, 1.807) is 11.3 Å². The van der Waals surface area contributed by atoms with E-state index in [4.69, 9.17) is 5.73 Å². The summed E-state index contributed by atoms with van der Waals surface area (Å²) in [6.07, 6.45) is 1.93. The zero-order valence-electron chi connectivity index (χ0n) is 8.74. The molecule has 0 aliphatic rings. The van der Waals surface area contributed by atoms with E-state index >= 15 is 0 Å². The fraction of sp³-hybridized carbons (Fsp3) is 0.700. The van der Waals surface area contributed by atoms with Gasteiger partial charge < -0.3 is 5.73 Å². The van der Waals surface area contributed by atoms with Crippen LogP contribution in [-0.4, -0.2) is 10.5 Å². The Kier molecular flexibility index (Phi) is 3.09. The third kappa shape index (κ3) is 2.51. The molecule has 1 atom stereocenters. The highest BCUT2D eigenvalue weighted by molar-refractivity contribution is 7.09. The van der Waals surface area contributed by atoms with E-state index in [2.05, 4.69) is 32.7 Å². The minimum absolute atomic E-state index is 0.166. The summed E-state index contributed by atoms with van der Waals surface area (Å²) in [5.74, 6) is 0.959. The molecule has 1 aromatic heterocycles. The van der Waals surface area contributed by atoms with Gasteiger partial charge in [-0.2, -0.15) is 0 Å². The van der Waals surface area contributed by atoms with E-state index in [-0.39, 0.29) is 5.54 Å². The van der Waals surface area contributed by atoms with E-state index in [1.807, 2.05) is 11.7 Å². The molecule has 1 unspecified atom stereocenters. The Labute approximate surface area is 84.2 Å². The molecule has 1 heterocycles. The first-order valence-corrected chi connectivity index (χ1v) is 5.48. The maximum Gasteiger partial charge on any atom is 0.0794 e. The summed E-state index contributed by atoms with van der Waals surface area (Å²) in [7, 11) is 0. The van der Waals surface area contributed by atoms with Crippen LogP contribution in [0.4, 0.5) is 0 Å². The second kappa shape index (κ2) is 3.76. The summed E-state index contributed by atoms with van der Waals surface area (Å²) in [4.78, 5) is 5.40. The standard InChI is InChI=1S/C10H18N2S/c1-7(2)9(10(3,4)11)8-5-12-6-13-8/h5-7,9H,11H2,1-4H3. The van der Waals surface area contributed by atoms with Gasteiger partial charge in [-0.3, -0.25) is 4.98 Å². The first kappa shape index (κ1) is 10.7. The van der Waals surface area contributed by atoms with Crippen molar-refractivity contribution in [1.29, 1.82) is 0 Å². The summed E-state index contributed by atoms with van der Waals surface area (Å²) in [6, 6.07) is 0. The van der Waals surface area contributed by atoms with Gasteiger partial charge in [0.05, 0.1) is 5.51 Å². The van der Waals surface area contributed by atoms with Crippen LogP contribution in [0.1, 0.15) is 38.5 Å². The maximum absolute atomic E-state index is 6.15. The lowest BCUT2D eigenvalue weighted by molar-refractivity contribution is 0.335. The summed E-state index contributed by atoms with van der Waals surface area (Å²) in [5.41, 5.74) is 7.86. The van der Waals surface area contributed by atoms with Crippen molar-refractivity contribution in [1.82, 2.24) is 4.98 Å². The largest absolute Gasteiger partial charge is 0.325 e. The van der Waals surface area contributed by atoms with Crippen LogP contribution in [0.15, 0.2) is 11.7 Å². The fourth-order valence-corrected chi connectivity index (χ4v) is 3.02. The van der Waals surface area contributed by atoms with E-state index in [9.17, 15) is 0 Å². The average molecular weight is 198 g/mol. The molecule has 0 radical (unpaired) electrons. The molecule has 2 N–H and O–H groups in total. The third-order valence-corrected chi connectivity index (χ3v) is 3.08. The van der Waals surface area contributed by atoms with E-state index < -0.39 is 0 Å². The first-order valence-electron chi connectivity index (χ1n) is 4.60. The van der Waals surface area contributed by atoms with Crippen LogP contribution in [0, 0.1) is 5.92 Å². The van der Waals surface area contributed by atoms with Crippen LogP contribution in [0.2, 0.25) is 0 Å². The van der Waals surface area contributed by atoms with E-state index in [0.717, 1.165) is 0 Å². The summed E-state index contributed by atoms with van der Waals surface area (Å²) >= 11 is 1.70. The van der Waals surface area contributed by atoms with Crippen LogP contribution >= 0.6 is 11.3 Å². The van der Waals surface area contributed by atoms with Crippen LogP contribution < -0.4 is 5.73 Å².